The smallest absolute Gasteiger partial charge is 0.339 e. The van der Waals surface area contributed by atoms with E-state index in [2.05, 4.69) is 28.4 Å². The van der Waals surface area contributed by atoms with Crippen molar-refractivity contribution >= 4 is 28.6 Å². The molecule has 0 unspecified atom stereocenters. The van der Waals surface area contributed by atoms with E-state index >= 15 is 0 Å². The van der Waals surface area contributed by atoms with Gasteiger partial charge in [0.15, 0.2) is 6.10 Å². The van der Waals surface area contributed by atoms with Crippen LogP contribution in [0.15, 0.2) is 42.9 Å². The van der Waals surface area contributed by atoms with Gasteiger partial charge in [-0.25, -0.2) is 9.78 Å². The number of hydrogen-bond donors (Lipinski definition) is 0. The highest BCUT2D eigenvalue weighted by Crippen LogP contribution is 2.42. The van der Waals surface area contributed by atoms with E-state index in [1.165, 1.54) is 7.11 Å². The van der Waals surface area contributed by atoms with Gasteiger partial charge < -0.3 is 14.0 Å². The van der Waals surface area contributed by atoms with E-state index in [0.29, 0.717) is 22.8 Å². The summed E-state index contributed by atoms with van der Waals surface area (Å²) >= 11 is 6.23. The van der Waals surface area contributed by atoms with Crippen LogP contribution in [0.3, 0.4) is 0 Å². The number of pyridine rings is 1. The molecule has 0 saturated carbocycles. The van der Waals surface area contributed by atoms with Gasteiger partial charge in [0.2, 0.25) is 0 Å². The average molecular weight is 507 g/mol. The largest absolute Gasteiger partial charge is 0.467 e. The van der Waals surface area contributed by atoms with Gasteiger partial charge in [-0.2, -0.15) is 0 Å². The van der Waals surface area contributed by atoms with E-state index in [0.717, 1.165) is 39.1 Å². The maximum Gasteiger partial charge on any atom is 0.339 e. The Bertz CT molecular complexity index is 1410. The third kappa shape index (κ3) is 4.99. The molecule has 8 heteroatoms. The number of nitrogens with zero attached hydrogens (tertiary/aromatic N) is 4. The molecule has 3 heterocycles. The van der Waals surface area contributed by atoms with Gasteiger partial charge in [0, 0.05) is 45.3 Å². The number of fused-ring (bicyclic) bond motifs is 1. The van der Waals surface area contributed by atoms with Crippen molar-refractivity contribution in [1.82, 2.24) is 19.5 Å². The SMILES string of the molecule is COC(=O)[C@@H](OC(C)(C)C)c1c(C)nc2c(c(C)c(C)n2Cc2cnccn2)c1-c1ccc(Cl)cc1. The van der Waals surface area contributed by atoms with Crippen molar-refractivity contribution in [2.45, 2.75) is 59.8 Å². The maximum absolute atomic E-state index is 13.1. The van der Waals surface area contributed by atoms with Crippen molar-refractivity contribution in [1.29, 1.82) is 0 Å². The molecule has 7 nitrogen and oxygen atoms in total. The predicted molar refractivity (Wildman–Crippen MR) is 141 cm³/mol. The van der Waals surface area contributed by atoms with Crippen LogP contribution in [0.4, 0.5) is 0 Å². The quantitative estimate of drug-likeness (QED) is 0.292. The van der Waals surface area contributed by atoms with Crippen LogP contribution in [0, 0.1) is 20.8 Å². The van der Waals surface area contributed by atoms with Crippen LogP contribution in [0.5, 0.6) is 0 Å². The predicted octanol–water partition coefficient (Wildman–Crippen LogP) is 6.15. The van der Waals surface area contributed by atoms with Gasteiger partial charge in [0.25, 0.3) is 0 Å². The van der Waals surface area contributed by atoms with Crippen LogP contribution in [0.25, 0.3) is 22.2 Å². The van der Waals surface area contributed by atoms with E-state index in [1.807, 2.05) is 52.0 Å². The van der Waals surface area contributed by atoms with Gasteiger partial charge in [0.05, 0.1) is 31.1 Å². The number of halogens is 1. The van der Waals surface area contributed by atoms with E-state index < -0.39 is 17.7 Å². The zero-order chi connectivity index (χ0) is 26.2. The number of rotatable bonds is 6. The second kappa shape index (κ2) is 9.99. The molecule has 0 radical (unpaired) electrons. The molecule has 0 amide bonds. The Morgan fingerprint density at radius 3 is 2.39 bits per heavy atom. The van der Waals surface area contributed by atoms with Gasteiger partial charge >= 0.3 is 5.97 Å². The lowest BCUT2D eigenvalue weighted by atomic mass is 9.91. The summed E-state index contributed by atoms with van der Waals surface area (Å²) in [5.41, 5.74) is 6.33. The fourth-order valence-corrected chi connectivity index (χ4v) is 4.61. The molecule has 0 bridgehead atoms. The highest BCUT2D eigenvalue weighted by Gasteiger charge is 2.34. The van der Waals surface area contributed by atoms with Crippen LogP contribution < -0.4 is 0 Å². The molecule has 4 aromatic rings. The molecule has 0 fully saturated rings. The Hall–Kier alpha value is -3.29. The van der Waals surface area contributed by atoms with Crippen molar-refractivity contribution in [3.8, 4) is 11.1 Å². The fourth-order valence-electron chi connectivity index (χ4n) is 4.48. The van der Waals surface area contributed by atoms with Gasteiger partial charge in [-0.3, -0.25) is 9.97 Å². The number of benzene rings is 1. The summed E-state index contributed by atoms with van der Waals surface area (Å²) in [5.74, 6) is -0.474. The Morgan fingerprint density at radius 1 is 1.11 bits per heavy atom. The summed E-state index contributed by atoms with van der Waals surface area (Å²) in [6.07, 6.45) is 4.14. The second-order valence-electron chi connectivity index (χ2n) is 9.82. The molecular formula is C28H31ClN4O3. The van der Waals surface area contributed by atoms with Crippen molar-refractivity contribution in [2.24, 2.45) is 0 Å². The fraction of sp³-hybridized carbons (Fsp3) is 0.357. The Morgan fingerprint density at radius 2 is 1.81 bits per heavy atom. The molecule has 0 aliphatic rings. The van der Waals surface area contributed by atoms with E-state index in [4.69, 9.17) is 26.1 Å². The number of esters is 1. The van der Waals surface area contributed by atoms with Crippen LogP contribution in [0.1, 0.15) is 55.1 Å². The summed E-state index contributed by atoms with van der Waals surface area (Å²) in [6, 6.07) is 7.61. The maximum atomic E-state index is 13.1. The first-order chi connectivity index (χ1) is 17.0. The number of hydrogen-bond acceptors (Lipinski definition) is 6. The van der Waals surface area contributed by atoms with Gasteiger partial charge in [-0.05, 0) is 64.8 Å². The first kappa shape index (κ1) is 25.8. The molecule has 188 valence electrons. The lowest BCUT2D eigenvalue weighted by Crippen LogP contribution is -2.29. The third-order valence-electron chi connectivity index (χ3n) is 6.20. The molecule has 36 heavy (non-hydrogen) atoms. The van der Waals surface area contributed by atoms with Gasteiger partial charge in [-0.15, -0.1) is 0 Å². The summed E-state index contributed by atoms with van der Waals surface area (Å²) in [6.45, 7) is 12.3. The Labute approximate surface area is 216 Å². The van der Waals surface area contributed by atoms with Crippen LogP contribution >= 0.6 is 11.6 Å². The highest BCUT2D eigenvalue weighted by molar-refractivity contribution is 6.30. The molecule has 0 spiro atoms. The molecule has 3 aromatic heterocycles. The van der Waals surface area contributed by atoms with Crippen LogP contribution in [-0.4, -0.2) is 38.2 Å². The Kier molecular flexibility index (Phi) is 7.16. The third-order valence-corrected chi connectivity index (χ3v) is 6.46. The minimum absolute atomic E-state index is 0.474. The van der Waals surface area contributed by atoms with Gasteiger partial charge in [-0.1, -0.05) is 23.7 Å². The van der Waals surface area contributed by atoms with E-state index in [-0.39, 0.29) is 0 Å². The minimum Gasteiger partial charge on any atom is -0.467 e. The van der Waals surface area contributed by atoms with Crippen molar-refractivity contribution in [2.75, 3.05) is 7.11 Å². The zero-order valence-electron chi connectivity index (χ0n) is 21.7. The van der Waals surface area contributed by atoms with Crippen molar-refractivity contribution < 1.29 is 14.3 Å². The highest BCUT2D eigenvalue weighted by atomic mass is 35.5. The monoisotopic (exact) mass is 506 g/mol. The second-order valence-corrected chi connectivity index (χ2v) is 10.3. The van der Waals surface area contributed by atoms with Gasteiger partial charge in [0.1, 0.15) is 5.65 Å². The molecule has 0 N–H and O–H groups in total. The molecule has 4 rings (SSSR count). The molecule has 1 aromatic carbocycles. The standard InChI is InChI=1S/C28H31ClN4O3/c1-16-18(3)33(15-21-14-30-12-13-31-21)26-22(16)24(19-8-10-20(29)11-9-19)23(17(2)32-26)25(27(34)35-7)36-28(4,5)6/h8-14,25H,15H2,1-7H3/t25-/m0/s1. The van der Waals surface area contributed by atoms with E-state index in [1.54, 1.807) is 18.6 Å². The Balaban J connectivity index is 2.08. The number of methoxy groups -OCH3 is 1. The van der Waals surface area contributed by atoms with Crippen LogP contribution in [0.2, 0.25) is 5.02 Å². The summed E-state index contributed by atoms with van der Waals surface area (Å²) in [5, 5.41) is 1.58. The van der Waals surface area contributed by atoms with Crippen molar-refractivity contribution in [3.63, 3.8) is 0 Å². The van der Waals surface area contributed by atoms with Crippen molar-refractivity contribution in [3.05, 3.63) is 76.1 Å². The summed E-state index contributed by atoms with van der Waals surface area (Å²) < 4.78 is 13.6. The summed E-state index contributed by atoms with van der Waals surface area (Å²) in [7, 11) is 1.37. The van der Waals surface area contributed by atoms with Crippen LogP contribution in [-0.2, 0) is 20.8 Å². The molecule has 0 aliphatic carbocycles. The number of carbonyl (C=O) groups is 1. The molecule has 0 saturated heterocycles. The minimum atomic E-state index is -0.958. The normalized spacial score (nSPS) is 12.7. The lowest BCUT2D eigenvalue weighted by Gasteiger charge is -2.28. The number of aromatic nitrogens is 4. The van der Waals surface area contributed by atoms with E-state index in [9.17, 15) is 4.79 Å². The molecular weight excluding hydrogens is 476 g/mol. The topological polar surface area (TPSA) is 79.1 Å². The summed E-state index contributed by atoms with van der Waals surface area (Å²) in [4.78, 5) is 26.8. The number of ether oxygens (including phenoxy) is 2. The number of aryl methyl sites for hydroxylation is 2. The molecule has 1 atom stereocenters. The lowest BCUT2D eigenvalue weighted by molar-refractivity contribution is -0.164. The first-order valence-electron chi connectivity index (χ1n) is 11.8. The first-order valence-corrected chi connectivity index (χ1v) is 12.2. The average Bonchev–Trinajstić information content (AvgIpc) is 3.06. The number of carbonyl (C=O) groups excluding carboxylic acids is 1. The molecule has 0 aliphatic heterocycles. The zero-order valence-corrected chi connectivity index (χ0v) is 22.5.